The normalized spacial score (nSPS) is 20.7. The van der Waals surface area contributed by atoms with Crippen molar-refractivity contribution in [2.24, 2.45) is 0 Å². The molecule has 2 aromatic rings. The highest BCUT2D eigenvalue weighted by molar-refractivity contribution is 5.61. The van der Waals surface area contributed by atoms with Gasteiger partial charge < -0.3 is 43.5 Å². The summed E-state index contributed by atoms with van der Waals surface area (Å²) in [6.07, 6.45) is -0.210. The van der Waals surface area contributed by atoms with Crippen molar-refractivity contribution >= 4 is 5.69 Å². The molecule has 2 aromatic carbocycles. The van der Waals surface area contributed by atoms with Gasteiger partial charge in [0.15, 0.2) is 0 Å². The number of hydrogen-bond donors (Lipinski definition) is 1. The Bertz CT molecular complexity index is 1120. The van der Waals surface area contributed by atoms with Gasteiger partial charge in [0.25, 0.3) is 5.09 Å². The number of nitrogens with zero attached hydrogens (tertiary/aromatic N) is 2. The minimum Gasteiger partial charge on any atom is -0.490 e. The second kappa shape index (κ2) is 17.3. The van der Waals surface area contributed by atoms with Crippen LogP contribution < -0.4 is 15.0 Å². The molecular formula is C31H45N3O9. The smallest absolute Gasteiger partial charge is 0.294 e. The molecule has 12 nitrogen and oxygen atoms in total. The summed E-state index contributed by atoms with van der Waals surface area (Å²) in [6, 6.07) is 14.5. The van der Waals surface area contributed by atoms with E-state index in [-0.39, 0.29) is 24.7 Å². The Morgan fingerprint density at radius 2 is 1.74 bits per heavy atom. The first kappa shape index (κ1) is 32.9. The Hall–Kier alpha value is -3.00. The Morgan fingerprint density at radius 1 is 1.00 bits per heavy atom. The Morgan fingerprint density at radius 3 is 2.49 bits per heavy atom. The van der Waals surface area contributed by atoms with Crippen LogP contribution in [-0.2, 0) is 41.7 Å². The van der Waals surface area contributed by atoms with Crippen molar-refractivity contribution < 1.29 is 38.3 Å². The van der Waals surface area contributed by atoms with Gasteiger partial charge in [-0.3, -0.25) is 0 Å². The molecule has 4 rings (SSSR count). The first-order valence-electron chi connectivity index (χ1n) is 14.9. The van der Waals surface area contributed by atoms with E-state index in [1.165, 1.54) is 0 Å². The minimum absolute atomic E-state index is 0.0890. The van der Waals surface area contributed by atoms with Crippen LogP contribution in [0.5, 0.6) is 5.75 Å². The van der Waals surface area contributed by atoms with Crippen molar-refractivity contribution in [3.63, 3.8) is 0 Å². The van der Waals surface area contributed by atoms with E-state index in [2.05, 4.69) is 45.4 Å². The van der Waals surface area contributed by atoms with Gasteiger partial charge >= 0.3 is 0 Å². The summed E-state index contributed by atoms with van der Waals surface area (Å²) >= 11 is 0. The number of methoxy groups -OCH3 is 2. The van der Waals surface area contributed by atoms with Gasteiger partial charge in [-0.05, 0) is 42.2 Å². The third-order valence-electron chi connectivity index (χ3n) is 7.59. The van der Waals surface area contributed by atoms with Crippen LogP contribution in [0.4, 0.5) is 5.69 Å². The lowest BCUT2D eigenvalue weighted by molar-refractivity contribution is -0.768. The molecule has 0 aliphatic carbocycles. The van der Waals surface area contributed by atoms with E-state index in [0.717, 1.165) is 47.6 Å². The van der Waals surface area contributed by atoms with E-state index in [1.54, 1.807) is 21.1 Å². The van der Waals surface area contributed by atoms with Crippen molar-refractivity contribution in [3.8, 4) is 5.75 Å². The largest absolute Gasteiger partial charge is 0.490 e. The fourth-order valence-electron chi connectivity index (χ4n) is 5.46. The molecule has 0 amide bonds. The van der Waals surface area contributed by atoms with E-state index in [0.29, 0.717) is 52.7 Å². The van der Waals surface area contributed by atoms with Crippen molar-refractivity contribution in [3.05, 3.63) is 69.3 Å². The van der Waals surface area contributed by atoms with E-state index in [1.807, 2.05) is 12.1 Å². The zero-order valence-electron chi connectivity index (χ0n) is 25.4. The monoisotopic (exact) mass is 603 g/mol. The lowest BCUT2D eigenvalue weighted by Crippen LogP contribution is -2.51. The van der Waals surface area contributed by atoms with Gasteiger partial charge in [0.2, 0.25) is 0 Å². The summed E-state index contributed by atoms with van der Waals surface area (Å²) in [5, 5.41) is 13.4. The van der Waals surface area contributed by atoms with Crippen LogP contribution in [0.1, 0.15) is 36.0 Å². The van der Waals surface area contributed by atoms with Gasteiger partial charge in [0.1, 0.15) is 18.5 Å². The highest BCUT2D eigenvalue weighted by Crippen LogP contribution is 2.34. The molecule has 2 heterocycles. The summed E-state index contributed by atoms with van der Waals surface area (Å²) in [7, 11) is 3.37. The maximum atomic E-state index is 10.8. The Balaban J connectivity index is 1.47. The van der Waals surface area contributed by atoms with E-state index in [9.17, 15) is 10.1 Å². The summed E-state index contributed by atoms with van der Waals surface area (Å²) in [5.41, 5.74) is 4.26. The number of benzene rings is 2. The summed E-state index contributed by atoms with van der Waals surface area (Å²) < 4.78 is 34.7. The molecule has 4 atom stereocenters. The van der Waals surface area contributed by atoms with Gasteiger partial charge in [-0.25, -0.2) is 0 Å². The number of rotatable bonds is 18. The van der Waals surface area contributed by atoms with Gasteiger partial charge in [-0.2, -0.15) is 0 Å². The molecule has 0 radical (unpaired) electrons. The number of piperidine rings is 1. The van der Waals surface area contributed by atoms with Crippen molar-refractivity contribution in [2.75, 3.05) is 78.3 Å². The summed E-state index contributed by atoms with van der Waals surface area (Å²) in [6.45, 7) is 8.05. The zero-order valence-corrected chi connectivity index (χ0v) is 25.4. The fraction of sp³-hybridized carbons (Fsp3) is 0.613. The zero-order chi connectivity index (χ0) is 30.4. The van der Waals surface area contributed by atoms with Crippen LogP contribution in [0.25, 0.3) is 0 Å². The summed E-state index contributed by atoms with van der Waals surface area (Å²) in [5.74, 6) is 0.787. The first-order chi connectivity index (χ1) is 21.0. The molecule has 0 saturated carbocycles. The van der Waals surface area contributed by atoms with Gasteiger partial charge in [-0.1, -0.05) is 30.3 Å². The minimum atomic E-state index is -0.785. The van der Waals surface area contributed by atoms with Crippen LogP contribution >= 0.6 is 0 Å². The maximum absolute atomic E-state index is 10.8. The standard InChI is InChI=1S/C31H45N3O9/c1-23(43-34(35)36)20-41-29-18-32-19-30(31(29)26-8-5-24(6-9-26)21-39-16-15-38-3)42-22-25-7-10-28-27(17-25)33(12-14-40-28)11-4-13-37-2/h5-10,17,23,29-32H,4,11-16,18-22H2,1-3H3/t23?,29-,30+,31+/m1/s1. The molecule has 1 N–H and O–H groups in total. The second-order valence-electron chi connectivity index (χ2n) is 10.8. The molecule has 1 unspecified atom stereocenters. The van der Waals surface area contributed by atoms with Crippen LogP contribution in [0.15, 0.2) is 42.5 Å². The molecule has 12 heteroatoms. The van der Waals surface area contributed by atoms with Crippen molar-refractivity contribution in [1.29, 1.82) is 0 Å². The molecule has 0 spiro atoms. The number of hydrogen-bond acceptors (Lipinski definition) is 11. The summed E-state index contributed by atoms with van der Waals surface area (Å²) in [4.78, 5) is 17.8. The van der Waals surface area contributed by atoms with Crippen LogP contribution in [-0.4, -0.2) is 96.8 Å². The Labute approximate surface area is 253 Å². The quantitative estimate of drug-likeness (QED) is 0.153. The van der Waals surface area contributed by atoms with Crippen molar-refractivity contribution in [2.45, 2.75) is 50.8 Å². The molecule has 1 saturated heterocycles. The van der Waals surface area contributed by atoms with E-state index >= 15 is 0 Å². The topological polar surface area (TPSA) is 123 Å². The fourth-order valence-corrected chi connectivity index (χ4v) is 5.46. The average molecular weight is 604 g/mol. The first-order valence-corrected chi connectivity index (χ1v) is 14.9. The van der Waals surface area contributed by atoms with Gasteiger partial charge in [0.05, 0.1) is 57.5 Å². The van der Waals surface area contributed by atoms with E-state index < -0.39 is 11.2 Å². The molecule has 2 aliphatic heterocycles. The van der Waals surface area contributed by atoms with Gasteiger partial charge in [0, 0.05) is 46.4 Å². The average Bonchev–Trinajstić information content (AvgIpc) is 3.01. The van der Waals surface area contributed by atoms with Crippen molar-refractivity contribution in [1.82, 2.24) is 5.32 Å². The van der Waals surface area contributed by atoms with Gasteiger partial charge in [-0.15, -0.1) is 10.1 Å². The third kappa shape index (κ3) is 10.0. The number of nitrogens with one attached hydrogen (secondary N) is 1. The molecule has 238 valence electrons. The third-order valence-corrected chi connectivity index (χ3v) is 7.59. The predicted molar refractivity (Wildman–Crippen MR) is 160 cm³/mol. The van der Waals surface area contributed by atoms with Crippen LogP contribution in [0.2, 0.25) is 0 Å². The lowest BCUT2D eigenvalue weighted by Gasteiger charge is -2.39. The van der Waals surface area contributed by atoms with Crippen LogP contribution in [0.3, 0.4) is 0 Å². The number of anilines is 1. The SMILES string of the molecule is COCCCN1CCOc2ccc(CO[C@H]3CNC[C@@H](OCC(C)O[N+](=O)[O-])[C@@H]3c3ccc(COCCOC)cc3)cc21. The van der Waals surface area contributed by atoms with E-state index in [4.69, 9.17) is 28.4 Å². The van der Waals surface area contributed by atoms with Crippen LogP contribution in [0, 0.1) is 10.1 Å². The molecular weight excluding hydrogens is 558 g/mol. The highest BCUT2D eigenvalue weighted by Gasteiger charge is 2.36. The molecule has 1 fully saturated rings. The maximum Gasteiger partial charge on any atom is 0.294 e. The Kier molecular flexibility index (Phi) is 13.3. The number of ether oxygens (including phenoxy) is 6. The predicted octanol–water partition coefficient (Wildman–Crippen LogP) is 3.34. The molecule has 0 bridgehead atoms. The molecule has 2 aliphatic rings. The lowest BCUT2D eigenvalue weighted by atomic mass is 9.85. The molecule has 43 heavy (non-hydrogen) atoms. The highest BCUT2D eigenvalue weighted by atomic mass is 17.0. The molecule has 0 aromatic heterocycles. The second-order valence-corrected chi connectivity index (χ2v) is 10.8. The number of fused-ring (bicyclic) bond motifs is 1.